The molecule has 0 aliphatic carbocycles. The number of guanidine groups is 1. The predicted molar refractivity (Wildman–Crippen MR) is 73.5 cm³/mol. The van der Waals surface area contributed by atoms with Gasteiger partial charge in [0.1, 0.15) is 5.54 Å². The monoisotopic (exact) mass is 247 g/mol. The fraction of sp³-hybridized carbons (Fsp3) is 0.500. The minimum atomic E-state index is -0.270. The summed E-state index contributed by atoms with van der Waals surface area (Å²) in [6.45, 7) is 5.48. The summed E-state index contributed by atoms with van der Waals surface area (Å²) < 4.78 is 5.44. The SMILES string of the molecule is COCC1(c2ccccc2)CN=C(N)N1C(C)C. The molecule has 0 saturated carbocycles. The molecular weight excluding hydrogens is 226 g/mol. The number of aliphatic imine (C=N–C) groups is 1. The van der Waals surface area contributed by atoms with E-state index in [1.165, 1.54) is 5.56 Å². The Kier molecular flexibility index (Phi) is 3.57. The van der Waals surface area contributed by atoms with Crippen LogP contribution >= 0.6 is 0 Å². The van der Waals surface area contributed by atoms with Gasteiger partial charge in [0, 0.05) is 13.2 Å². The Hall–Kier alpha value is -1.55. The maximum atomic E-state index is 6.04. The molecule has 0 saturated heterocycles. The standard InChI is InChI=1S/C14H21N3O/c1-11(2)17-13(15)16-9-14(17,10-18-3)12-7-5-4-6-8-12/h4-8,11H,9-10H2,1-3H3,(H2,15,16). The molecule has 0 spiro atoms. The summed E-state index contributed by atoms with van der Waals surface area (Å²) in [5, 5.41) is 0. The predicted octanol–water partition coefficient (Wildman–Crippen LogP) is 1.57. The van der Waals surface area contributed by atoms with Crippen LogP contribution in [0, 0.1) is 0 Å². The highest BCUT2D eigenvalue weighted by Crippen LogP contribution is 2.34. The fourth-order valence-electron chi connectivity index (χ4n) is 2.76. The summed E-state index contributed by atoms with van der Waals surface area (Å²) in [6.07, 6.45) is 0. The first-order valence-corrected chi connectivity index (χ1v) is 6.25. The second kappa shape index (κ2) is 4.98. The first-order valence-electron chi connectivity index (χ1n) is 6.25. The van der Waals surface area contributed by atoms with Gasteiger partial charge in [0.05, 0.1) is 13.2 Å². The Morgan fingerprint density at radius 1 is 1.39 bits per heavy atom. The van der Waals surface area contributed by atoms with Gasteiger partial charge in [0.25, 0.3) is 0 Å². The van der Waals surface area contributed by atoms with Crippen molar-refractivity contribution in [3.63, 3.8) is 0 Å². The maximum absolute atomic E-state index is 6.04. The topological polar surface area (TPSA) is 50.9 Å². The van der Waals surface area contributed by atoms with Crippen molar-refractivity contribution in [3.8, 4) is 0 Å². The summed E-state index contributed by atoms with van der Waals surface area (Å²) in [7, 11) is 1.72. The molecule has 18 heavy (non-hydrogen) atoms. The highest BCUT2D eigenvalue weighted by molar-refractivity contribution is 5.81. The van der Waals surface area contributed by atoms with Crippen LogP contribution in [0.1, 0.15) is 19.4 Å². The molecule has 1 aliphatic heterocycles. The van der Waals surface area contributed by atoms with E-state index < -0.39 is 0 Å². The Labute approximate surface area is 108 Å². The molecule has 0 fully saturated rings. The molecular formula is C14H21N3O. The lowest BCUT2D eigenvalue weighted by atomic mass is 9.88. The van der Waals surface area contributed by atoms with Crippen LogP contribution < -0.4 is 5.73 Å². The largest absolute Gasteiger partial charge is 0.382 e. The van der Waals surface area contributed by atoms with Gasteiger partial charge in [-0.05, 0) is 19.4 Å². The Morgan fingerprint density at radius 2 is 2.06 bits per heavy atom. The van der Waals surface area contributed by atoms with Crippen LogP contribution in [0.2, 0.25) is 0 Å². The quantitative estimate of drug-likeness (QED) is 0.878. The average Bonchev–Trinajstić information content (AvgIpc) is 2.69. The minimum Gasteiger partial charge on any atom is -0.382 e. The van der Waals surface area contributed by atoms with Crippen LogP contribution in [0.5, 0.6) is 0 Å². The zero-order valence-electron chi connectivity index (χ0n) is 11.3. The number of benzene rings is 1. The van der Waals surface area contributed by atoms with Gasteiger partial charge in [-0.25, -0.2) is 0 Å². The number of hydrogen-bond donors (Lipinski definition) is 1. The van der Waals surface area contributed by atoms with Crippen molar-refractivity contribution >= 4 is 5.96 Å². The highest BCUT2D eigenvalue weighted by Gasteiger charge is 2.45. The summed E-state index contributed by atoms with van der Waals surface area (Å²) >= 11 is 0. The minimum absolute atomic E-state index is 0.270. The third-order valence-corrected chi connectivity index (χ3v) is 3.42. The fourth-order valence-corrected chi connectivity index (χ4v) is 2.76. The third kappa shape index (κ3) is 1.97. The van der Waals surface area contributed by atoms with Gasteiger partial charge in [-0.3, -0.25) is 4.99 Å². The van der Waals surface area contributed by atoms with Crippen LogP contribution in [-0.4, -0.2) is 37.2 Å². The van der Waals surface area contributed by atoms with Crippen molar-refractivity contribution in [2.45, 2.75) is 25.4 Å². The molecule has 1 aromatic rings. The number of hydrogen-bond acceptors (Lipinski definition) is 4. The summed E-state index contributed by atoms with van der Waals surface area (Å²) in [4.78, 5) is 6.59. The van der Waals surface area contributed by atoms with Crippen molar-refractivity contribution in [1.82, 2.24) is 4.90 Å². The molecule has 1 unspecified atom stereocenters. The molecule has 4 nitrogen and oxygen atoms in total. The van der Waals surface area contributed by atoms with Gasteiger partial charge in [-0.2, -0.15) is 0 Å². The van der Waals surface area contributed by atoms with Gasteiger partial charge in [-0.1, -0.05) is 30.3 Å². The number of nitrogens with zero attached hydrogens (tertiary/aromatic N) is 2. The van der Waals surface area contributed by atoms with E-state index in [4.69, 9.17) is 10.5 Å². The van der Waals surface area contributed by atoms with E-state index in [0.29, 0.717) is 19.1 Å². The molecule has 2 N–H and O–H groups in total. The number of rotatable bonds is 4. The van der Waals surface area contributed by atoms with Crippen molar-refractivity contribution in [3.05, 3.63) is 35.9 Å². The molecule has 1 aromatic carbocycles. The van der Waals surface area contributed by atoms with E-state index >= 15 is 0 Å². The summed E-state index contributed by atoms with van der Waals surface area (Å²) in [6, 6.07) is 10.6. The molecule has 0 amide bonds. The molecule has 1 aliphatic rings. The van der Waals surface area contributed by atoms with E-state index in [0.717, 1.165) is 0 Å². The summed E-state index contributed by atoms with van der Waals surface area (Å²) in [5.41, 5.74) is 6.97. The highest BCUT2D eigenvalue weighted by atomic mass is 16.5. The average molecular weight is 247 g/mol. The molecule has 0 bridgehead atoms. The number of nitrogens with two attached hydrogens (primary N) is 1. The molecule has 1 atom stereocenters. The van der Waals surface area contributed by atoms with Crippen LogP contribution in [-0.2, 0) is 10.3 Å². The van der Waals surface area contributed by atoms with Crippen LogP contribution in [0.4, 0.5) is 0 Å². The molecule has 1 heterocycles. The van der Waals surface area contributed by atoms with Crippen molar-refractivity contribution < 1.29 is 4.74 Å². The second-order valence-corrected chi connectivity index (χ2v) is 4.97. The third-order valence-electron chi connectivity index (χ3n) is 3.42. The van der Waals surface area contributed by atoms with E-state index in [-0.39, 0.29) is 11.6 Å². The maximum Gasteiger partial charge on any atom is 0.192 e. The normalized spacial score (nSPS) is 23.6. The lowest BCUT2D eigenvalue weighted by molar-refractivity contribution is 0.0503. The van der Waals surface area contributed by atoms with Crippen LogP contribution in [0.3, 0.4) is 0 Å². The van der Waals surface area contributed by atoms with Gasteiger partial charge in [0.2, 0.25) is 0 Å². The second-order valence-electron chi connectivity index (χ2n) is 4.97. The lowest BCUT2D eigenvalue weighted by Crippen LogP contribution is -2.55. The molecule has 98 valence electrons. The first-order chi connectivity index (χ1) is 8.62. The van der Waals surface area contributed by atoms with E-state index in [1.807, 2.05) is 18.2 Å². The molecule has 0 aromatic heterocycles. The Bertz CT molecular complexity index is 430. The van der Waals surface area contributed by atoms with Crippen molar-refractivity contribution in [1.29, 1.82) is 0 Å². The van der Waals surface area contributed by atoms with E-state index in [2.05, 4.69) is 35.9 Å². The Balaban J connectivity index is 2.45. The Morgan fingerprint density at radius 3 is 2.61 bits per heavy atom. The van der Waals surface area contributed by atoms with E-state index in [1.54, 1.807) is 7.11 Å². The van der Waals surface area contributed by atoms with Gasteiger partial charge in [-0.15, -0.1) is 0 Å². The van der Waals surface area contributed by atoms with Crippen molar-refractivity contribution in [2.75, 3.05) is 20.3 Å². The first kappa shape index (κ1) is 12.9. The van der Waals surface area contributed by atoms with Crippen LogP contribution in [0.25, 0.3) is 0 Å². The zero-order chi connectivity index (χ0) is 13.2. The molecule has 0 radical (unpaired) electrons. The van der Waals surface area contributed by atoms with Crippen LogP contribution in [0.15, 0.2) is 35.3 Å². The van der Waals surface area contributed by atoms with Gasteiger partial charge < -0.3 is 15.4 Å². The number of methoxy groups -OCH3 is 1. The molecule has 2 rings (SSSR count). The van der Waals surface area contributed by atoms with E-state index in [9.17, 15) is 0 Å². The van der Waals surface area contributed by atoms with Gasteiger partial charge >= 0.3 is 0 Å². The molecule has 4 heteroatoms. The summed E-state index contributed by atoms with van der Waals surface area (Å²) in [5.74, 6) is 0.603. The zero-order valence-corrected chi connectivity index (χ0v) is 11.3. The smallest absolute Gasteiger partial charge is 0.192 e. The van der Waals surface area contributed by atoms with Gasteiger partial charge in [0.15, 0.2) is 5.96 Å². The number of ether oxygens (including phenoxy) is 1. The van der Waals surface area contributed by atoms with Crippen molar-refractivity contribution in [2.24, 2.45) is 10.7 Å². The lowest BCUT2D eigenvalue weighted by Gasteiger charge is -2.41.